The maximum absolute atomic E-state index is 12.7. The van der Waals surface area contributed by atoms with Crippen molar-refractivity contribution in [3.05, 3.63) is 12.2 Å². The van der Waals surface area contributed by atoms with E-state index in [1.165, 1.54) is 135 Å². The zero-order valence-corrected chi connectivity index (χ0v) is 35.5. The molecule has 0 saturated heterocycles. The van der Waals surface area contributed by atoms with Crippen molar-refractivity contribution in [2.75, 3.05) is 41.0 Å². The number of carboxylic acids is 1. The molecule has 0 aliphatic carbocycles. The molecule has 312 valence electrons. The number of aliphatic carboxylic acids is 1. The molecule has 8 nitrogen and oxygen atoms in total. The van der Waals surface area contributed by atoms with Crippen molar-refractivity contribution in [2.45, 2.75) is 219 Å². The molecule has 8 heteroatoms. The first-order chi connectivity index (χ1) is 25.6. The number of likely N-dealkylation sites (N-methyl/N-ethyl adjacent to an activating group) is 1. The molecule has 53 heavy (non-hydrogen) atoms. The number of rotatable bonds is 40. The highest BCUT2D eigenvalue weighted by Gasteiger charge is 2.31. The van der Waals surface area contributed by atoms with E-state index >= 15 is 0 Å². The first-order valence-electron chi connectivity index (χ1n) is 22.2. The maximum atomic E-state index is 12.7. The van der Waals surface area contributed by atoms with Gasteiger partial charge in [-0.15, -0.1) is 0 Å². The Bertz CT molecular complexity index is 885. The van der Waals surface area contributed by atoms with E-state index in [0.29, 0.717) is 19.3 Å². The fourth-order valence-corrected chi connectivity index (χ4v) is 6.67. The van der Waals surface area contributed by atoms with Crippen molar-refractivity contribution in [1.82, 2.24) is 0 Å². The second kappa shape index (κ2) is 37.0. The Labute approximate surface area is 327 Å². The Balaban J connectivity index is 4.32. The third-order valence-electron chi connectivity index (χ3n) is 10.2. The number of quaternary nitrogens is 1. The molecule has 0 aromatic rings. The Kier molecular flexibility index (Phi) is 35.7. The molecule has 0 saturated carbocycles. The summed E-state index contributed by atoms with van der Waals surface area (Å²) in [6.07, 6.45) is 38.1. The number of carbonyl (C=O) groups is 3. The predicted molar refractivity (Wildman–Crippen MR) is 220 cm³/mol. The first kappa shape index (κ1) is 51.1. The summed E-state index contributed by atoms with van der Waals surface area (Å²) in [4.78, 5) is 36.9. The van der Waals surface area contributed by atoms with E-state index in [-0.39, 0.29) is 36.2 Å². The van der Waals surface area contributed by atoms with Crippen molar-refractivity contribution < 1.29 is 38.2 Å². The molecular weight excluding hydrogens is 666 g/mol. The van der Waals surface area contributed by atoms with E-state index in [0.717, 1.165) is 38.5 Å². The van der Waals surface area contributed by atoms with Crippen molar-refractivity contribution in [3.63, 3.8) is 0 Å². The van der Waals surface area contributed by atoms with Gasteiger partial charge in [0.05, 0.1) is 34.4 Å². The van der Waals surface area contributed by atoms with E-state index in [1.807, 2.05) is 21.1 Å². The molecular formula is C45H86NO7+. The molecule has 0 aliphatic heterocycles. The van der Waals surface area contributed by atoms with Gasteiger partial charge in [-0.3, -0.25) is 9.59 Å². The summed E-state index contributed by atoms with van der Waals surface area (Å²) in [5.41, 5.74) is 0. The van der Waals surface area contributed by atoms with Crippen LogP contribution < -0.4 is 0 Å². The highest BCUT2D eigenvalue weighted by molar-refractivity contribution is 5.72. The third kappa shape index (κ3) is 35.5. The van der Waals surface area contributed by atoms with Crippen molar-refractivity contribution in [2.24, 2.45) is 0 Å². The number of esters is 2. The smallest absolute Gasteiger partial charge is 0.362 e. The molecule has 0 spiro atoms. The Hall–Kier alpha value is -1.93. The zero-order valence-electron chi connectivity index (χ0n) is 35.5. The Morgan fingerprint density at radius 2 is 0.943 bits per heavy atom. The number of nitrogens with zero attached hydrogens (tertiary/aromatic N) is 1. The van der Waals surface area contributed by atoms with Gasteiger partial charge in [0, 0.05) is 19.3 Å². The van der Waals surface area contributed by atoms with Gasteiger partial charge in [0.25, 0.3) is 0 Å². The van der Waals surface area contributed by atoms with Crippen LogP contribution in [-0.4, -0.2) is 80.6 Å². The number of allylic oxidation sites excluding steroid dienone is 2. The van der Waals surface area contributed by atoms with Crippen LogP contribution in [0.15, 0.2) is 12.2 Å². The fourth-order valence-electron chi connectivity index (χ4n) is 6.67. The quantitative estimate of drug-likeness (QED) is 0.0288. The molecule has 0 heterocycles. The topological polar surface area (TPSA) is 99.1 Å². The summed E-state index contributed by atoms with van der Waals surface area (Å²) in [6.45, 7) is 4.74. The lowest BCUT2D eigenvalue weighted by Crippen LogP contribution is -2.50. The van der Waals surface area contributed by atoms with Crippen LogP contribution in [0, 0.1) is 0 Å². The molecule has 1 N–H and O–H groups in total. The molecule has 0 fully saturated rings. The average molecular weight is 753 g/mol. The summed E-state index contributed by atoms with van der Waals surface area (Å²) in [5.74, 6) is -1.46. The van der Waals surface area contributed by atoms with E-state index in [1.54, 1.807) is 0 Å². The fraction of sp³-hybridized carbons (Fsp3) is 0.889. The Morgan fingerprint density at radius 3 is 1.38 bits per heavy atom. The van der Waals surface area contributed by atoms with Gasteiger partial charge in [-0.1, -0.05) is 161 Å². The van der Waals surface area contributed by atoms with Crippen LogP contribution in [0.2, 0.25) is 0 Å². The minimum Gasteiger partial charge on any atom is -0.477 e. The van der Waals surface area contributed by atoms with Crippen LogP contribution >= 0.6 is 0 Å². The summed E-state index contributed by atoms with van der Waals surface area (Å²) in [6, 6.07) is -0.610. The van der Waals surface area contributed by atoms with Crippen molar-refractivity contribution >= 4 is 17.9 Å². The van der Waals surface area contributed by atoms with Gasteiger partial charge < -0.3 is 23.8 Å². The monoisotopic (exact) mass is 753 g/mol. The lowest BCUT2D eigenvalue weighted by molar-refractivity contribution is -0.887. The number of unbranched alkanes of at least 4 members (excludes halogenated alkanes) is 24. The largest absolute Gasteiger partial charge is 0.477 e. The summed E-state index contributed by atoms with van der Waals surface area (Å²) in [7, 11) is 5.53. The number of ether oxygens (including phenoxy) is 3. The number of carbonyl (C=O) groups excluding carboxylic acids is 2. The predicted octanol–water partition coefficient (Wildman–Crippen LogP) is 11.9. The first-order valence-corrected chi connectivity index (χ1v) is 22.2. The summed E-state index contributed by atoms with van der Waals surface area (Å²) < 4.78 is 17.3. The standard InChI is InChI=1S/C45H85NO7/c1-6-8-10-12-14-16-18-20-22-24-25-27-29-31-33-35-43(47)52-40-41(39-51-38-37-42(45(49)50)46(3,4)5)53-44(48)36-34-32-30-28-26-23-21-19-17-15-13-11-9-7-2/h16,18,41-42H,6-15,17,19-40H2,1-5H3/p+1/b18-16+. The highest BCUT2D eigenvalue weighted by atomic mass is 16.6. The molecule has 0 amide bonds. The normalized spacial score (nSPS) is 13.0. The molecule has 0 radical (unpaired) electrons. The van der Waals surface area contributed by atoms with E-state index in [4.69, 9.17) is 14.2 Å². The van der Waals surface area contributed by atoms with Crippen LogP contribution in [0.4, 0.5) is 0 Å². The third-order valence-corrected chi connectivity index (χ3v) is 10.2. The van der Waals surface area contributed by atoms with Gasteiger partial charge in [-0.2, -0.15) is 0 Å². The minimum atomic E-state index is -0.873. The SMILES string of the molecule is CCCCCC/C=C/CCCCCCCCCC(=O)OCC(COCCC(C(=O)O)[N+](C)(C)C)OC(=O)CCCCCCCCCCCCCCCC. The van der Waals surface area contributed by atoms with Crippen LogP contribution in [0.25, 0.3) is 0 Å². The van der Waals surface area contributed by atoms with E-state index in [9.17, 15) is 19.5 Å². The average Bonchev–Trinajstić information content (AvgIpc) is 3.11. The highest BCUT2D eigenvalue weighted by Crippen LogP contribution is 2.15. The molecule has 2 atom stereocenters. The van der Waals surface area contributed by atoms with Crippen LogP contribution in [0.1, 0.15) is 206 Å². The van der Waals surface area contributed by atoms with Gasteiger partial charge in [-0.05, 0) is 38.5 Å². The zero-order chi connectivity index (χ0) is 39.3. The van der Waals surface area contributed by atoms with Crippen LogP contribution in [0.3, 0.4) is 0 Å². The summed E-state index contributed by atoms with van der Waals surface area (Å²) in [5, 5.41) is 9.61. The van der Waals surface area contributed by atoms with Gasteiger partial charge in [0.1, 0.15) is 6.61 Å². The number of hydrogen-bond donors (Lipinski definition) is 1. The second-order valence-electron chi connectivity index (χ2n) is 16.3. The van der Waals surface area contributed by atoms with Crippen molar-refractivity contribution in [1.29, 1.82) is 0 Å². The lowest BCUT2D eigenvalue weighted by atomic mass is 10.0. The Morgan fingerprint density at radius 1 is 0.547 bits per heavy atom. The van der Waals surface area contributed by atoms with E-state index < -0.39 is 18.1 Å². The maximum Gasteiger partial charge on any atom is 0.362 e. The second-order valence-corrected chi connectivity index (χ2v) is 16.3. The minimum absolute atomic E-state index is 0.0474. The van der Waals surface area contributed by atoms with Gasteiger partial charge in [-0.25, -0.2) is 4.79 Å². The molecule has 2 unspecified atom stereocenters. The molecule has 0 aromatic carbocycles. The van der Waals surface area contributed by atoms with Gasteiger partial charge in [0.2, 0.25) is 0 Å². The summed E-state index contributed by atoms with van der Waals surface area (Å²) >= 11 is 0. The molecule has 0 bridgehead atoms. The number of carboxylic acid groups (broad SMARTS) is 1. The van der Waals surface area contributed by atoms with Crippen LogP contribution in [-0.2, 0) is 28.6 Å². The van der Waals surface area contributed by atoms with Gasteiger partial charge >= 0.3 is 17.9 Å². The van der Waals surface area contributed by atoms with Crippen molar-refractivity contribution in [3.8, 4) is 0 Å². The van der Waals surface area contributed by atoms with Crippen LogP contribution in [0.5, 0.6) is 0 Å². The van der Waals surface area contributed by atoms with Gasteiger partial charge in [0.15, 0.2) is 12.1 Å². The molecule has 0 rings (SSSR count). The number of hydrogen-bond acceptors (Lipinski definition) is 6. The molecule has 0 aliphatic rings. The van der Waals surface area contributed by atoms with E-state index in [2.05, 4.69) is 26.0 Å². The lowest BCUT2D eigenvalue weighted by Gasteiger charge is -2.31. The molecule has 0 aromatic heterocycles.